The Hall–Kier alpha value is -2.08. The van der Waals surface area contributed by atoms with Crippen molar-refractivity contribution in [3.63, 3.8) is 0 Å². The van der Waals surface area contributed by atoms with E-state index in [4.69, 9.17) is 17.3 Å². The number of H-pyrrole nitrogens is 2. The third-order valence-corrected chi connectivity index (χ3v) is 2.28. The number of rotatable bonds is 2. The molecule has 1 aromatic heterocycles. The number of hydrogen-bond donors (Lipinski definition) is 4. The Morgan fingerprint density at radius 3 is 2.69 bits per heavy atom. The summed E-state index contributed by atoms with van der Waals surface area (Å²) in [6, 6.07) is 6.27. The van der Waals surface area contributed by atoms with Crippen molar-refractivity contribution in [3.8, 4) is 17.0 Å². The maximum atomic E-state index is 10.9. The van der Waals surface area contributed by atoms with Gasteiger partial charge in [0, 0.05) is 5.56 Å². The summed E-state index contributed by atoms with van der Waals surface area (Å²) in [7, 11) is 0. The van der Waals surface area contributed by atoms with Crippen LogP contribution in [0.3, 0.4) is 0 Å². The van der Waals surface area contributed by atoms with E-state index in [0.717, 1.165) is 0 Å². The van der Waals surface area contributed by atoms with Crippen molar-refractivity contribution in [2.75, 3.05) is 0 Å². The summed E-state index contributed by atoms with van der Waals surface area (Å²) in [5, 5.41) is 18.3. The monoisotopic (exact) mass is 236 g/mol. The van der Waals surface area contributed by atoms with Crippen LogP contribution in [0.5, 0.6) is 5.75 Å². The molecule has 4 N–H and O–H groups in total. The number of aromatic nitrogens is 2. The molecule has 6 heteroatoms. The summed E-state index contributed by atoms with van der Waals surface area (Å²) < 4.78 is 0.232. The molecule has 2 aromatic rings. The number of aromatic carboxylic acids is 1. The summed E-state index contributed by atoms with van der Waals surface area (Å²) in [6.07, 6.45) is 0. The molecular formula is C10H8N2O3S. The van der Waals surface area contributed by atoms with E-state index in [1.165, 1.54) is 12.1 Å². The van der Waals surface area contributed by atoms with E-state index < -0.39 is 5.97 Å². The zero-order valence-electron chi connectivity index (χ0n) is 8.02. The summed E-state index contributed by atoms with van der Waals surface area (Å²) in [5.41, 5.74) is 0.897. The molecule has 0 aliphatic rings. The lowest BCUT2D eigenvalue weighted by Gasteiger charge is -2.00. The quantitative estimate of drug-likeness (QED) is 0.601. The van der Waals surface area contributed by atoms with E-state index in [2.05, 4.69) is 9.97 Å². The molecular weight excluding hydrogens is 228 g/mol. The highest BCUT2D eigenvalue weighted by Crippen LogP contribution is 2.24. The normalized spacial score (nSPS) is 10.2. The van der Waals surface area contributed by atoms with Gasteiger partial charge in [0.25, 0.3) is 0 Å². The molecule has 0 saturated heterocycles. The maximum absolute atomic E-state index is 10.9. The van der Waals surface area contributed by atoms with Gasteiger partial charge in [-0.2, -0.15) is 0 Å². The van der Waals surface area contributed by atoms with Gasteiger partial charge in [0.1, 0.15) is 5.75 Å². The van der Waals surface area contributed by atoms with Gasteiger partial charge in [-0.1, -0.05) is 12.1 Å². The van der Waals surface area contributed by atoms with E-state index in [-0.39, 0.29) is 16.2 Å². The second-order valence-electron chi connectivity index (χ2n) is 3.18. The molecule has 1 heterocycles. The first kappa shape index (κ1) is 10.4. The number of hydrogen-bond acceptors (Lipinski definition) is 3. The van der Waals surface area contributed by atoms with E-state index in [9.17, 15) is 9.90 Å². The minimum Gasteiger partial charge on any atom is -0.508 e. The summed E-state index contributed by atoms with van der Waals surface area (Å²) in [6.45, 7) is 0. The molecule has 82 valence electrons. The Balaban J connectivity index is 2.64. The van der Waals surface area contributed by atoms with Gasteiger partial charge in [0.2, 0.25) is 0 Å². The smallest absolute Gasteiger partial charge is 0.354 e. The van der Waals surface area contributed by atoms with E-state index in [1.54, 1.807) is 12.1 Å². The van der Waals surface area contributed by atoms with Crippen molar-refractivity contribution in [3.05, 3.63) is 34.7 Å². The molecule has 2 rings (SSSR count). The molecule has 0 aliphatic heterocycles. The highest BCUT2D eigenvalue weighted by atomic mass is 32.1. The third kappa shape index (κ3) is 1.82. The van der Waals surface area contributed by atoms with Crippen molar-refractivity contribution < 1.29 is 15.0 Å². The minimum atomic E-state index is -1.11. The van der Waals surface area contributed by atoms with Gasteiger partial charge in [-0.25, -0.2) is 4.79 Å². The Labute approximate surface area is 95.4 Å². The number of phenolic OH excluding ortho intramolecular Hbond substituents is 1. The van der Waals surface area contributed by atoms with E-state index in [0.29, 0.717) is 11.3 Å². The van der Waals surface area contributed by atoms with E-state index in [1.807, 2.05) is 0 Å². The van der Waals surface area contributed by atoms with Crippen molar-refractivity contribution in [2.45, 2.75) is 0 Å². The van der Waals surface area contributed by atoms with Crippen LogP contribution in [0.1, 0.15) is 10.5 Å². The van der Waals surface area contributed by atoms with Crippen LogP contribution in [0.2, 0.25) is 0 Å². The number of imidazole rings is 1. The minimum absolute atomic E-state index is 0.0180. The van der Waals surface area contributed by atoms with Gasteiger partial charge in [-0.15, -0.1) is 0 Å². The topological polar surface area (TPSA) is 89.1 Å². The number of aromatic hydroxyl groups is 1. The molecule has 0 spiro atoms. The molecule has 0 fully saturated rings. The zero-order valence-corrected chi connectivity index (χ0v) is 8.84. The summed E-state index contributed by atoms with van der Waals surface area (Å²) in [5.74, 6) is -1.04. The van der Waals surface area contributed by atoms with Crippen LogP contribution in [0.15, 0.2) is 24.3 Å². The number of nitrogens with one attached hydrogen (secondary N) is 2. The number of phenols is 1. The number of aromatic amines is 2. The molecule has 0 aliphatic carbocycles. The fourth-order valence-electron chi connectivity index (χ4n) is 1.42. The van der Waals surface area contributed by atoms with E-state index >= 15 is 0 Å². The van der Waals surface area contributed by atoms with Crippen LogP contribution in [0.25, 0.3) is 11.3 Å². The zero-order chi connectivity index (χ0) is 11.7. The largest absolute Gasteiger partial charge is 0.508 e. The van der Waals surface area contributed by atoms with Crippen LogP contribution >= 0.6 is 12.2 Å². The van der Waals surface area contributed by atoms with Crippen molar-refractivity contribution in [1.82, 2.24) is 9.97 Å². The molecule has 5 nitrogen and oxygen atoms in total. The first-order valence-electron chi connectivity index (χ1n) is 4.43. The van der Waals surface area contributed by atoms with Crippen molar-refractivity contribution >= 4 is 18.2 Å². The molecule has 0 atom stereocenters. The average molecular weight is 236 g/mol. The lowest BCUT2D eigenvalue weighted by molar-refractivity contribution is 0.0692. The fourth-order valence-corrected chi connectivity index (χ4v) is 1.63. The van der Waals surface area contributed by atoms with Gasteiger partial charge >= 0.3 is 5.97 Å². The van der Waals surface area contributed by atoms with Crippen LogP contribution in [-0.4, -0.2) is 26.2 Å². The number of benzene rings is 1. The van der Waals surface area contributed by atoms with Crippen LogP contribution < -0.4 is 0 Å². The molecule has 1 aromatic carbocycles. The van der Waals surface area contributed by atoms with Gasteiger partial charge in [-0.3, -0.25) is 0 Å². The first-order valence-corrected chi connectivity index (χ1v) is 4.84. The molecule has 16 heavy (non-hydrogen) atoms. The highest BCUT2D eigenvalue weighted by molar-refractivity contribution is 7.71. The molecule has 0 bridgehead atoms. The van der Waals surface area contributed by atoms with Gasteiger partial charge in [-0.05, 0) is 24.4 Å². The average Bonchev–Trinajstić information content (AvgIpc) is 2.60. The van der Waals surface area contributed by atoms with Crippen LogP contribution in [0, 0.1) is 4.77 Å². The Kier molecular flexibility index (Phi) is 2.49. The van der Waals surface area contributed by atoms with Gasteiger partial charge in [0.15, 0.2) is 10.5 Å². The number of carboxylic acid groups (broad SMARTS) is 1. The van der Waals surface area contributed by atoms with Crippen LogP contribution in [0.4, 0.5) is 0 Å². The lowest BCUT2D eigenvalue weighted by atomic mass is 10.1. The molecule has 0 radical (unpaired) electrons. The molecule has 0 unspecified atom stereocenters. The number of carboxylic acids is 1. The molecule has 0 amide bonds. The Morgan fingerprint density at radius 2 is 2.06 bits per heavy atom. The predicted octanol–water partition coefficient (Wildman–Crippen LogP) is 2.14. The second kappa shape index (κ2) is 3.82. The second-order valence-corrected chi connectivity index (χ2v) is 3.59. The first-order chi connectivity index (χ1) is 7.58. The van der Waals surface area contributed by atoms with Crippen LogP contribution in [-0.2, 0) is 0 Å². The van der Waals surface area contributed by atoms with Gasteiger partial charge in [0.05, 0.1) is 5.69 Å². The Bertz CT molecular complexity index is 600. The highest BCUT2D eigenvalue weighted by Gasteiger charge is 2.14. The fraction of sp³-hybridized carbons (Fsp3) is 0. The van der Waals surface area contributed by atoms with Gasteiger partial charge < -0.3 is 20.2 Å². The summed E-state index contributed by atoms with van der Waals surface area (Å²) >= 11 is 4.84. The van der Waals surface area contributed by atoms with Crippen molar-refractivity contribution in [2.24, 2.45) is 0 Å². The standard InChI is InChI=1S/C10H8N2O3S/c13-6-3-1-2-5(4-6)7-8(9(14)15)12-10(16)11-7/h1-4,13H,(H,14,15)(H2,11,12,16). The molecule has 0 saturated carbocycles. The lowest BCUT2D eigenvalue weighted by Crippen LogP contribution is -1.98. The SMILES string of the molecule is O=C(O)c1[nH]c(=S)[nH]c1-c1cccc(O)c1. The maximum Gasteiger partial charge on any atom is 0.354 e. The Morgan fingerprint density at radius 1 is 1.31 bits per heavy atom. The van der Waals surface area contributed by atoms with Crippen molar-refractivity contribution in [1.29, 1.82) is 0 Å². The predicted molar refractivity (Wildman–Crippen MR) is 60.0 cm³/mol. The summed E-state index contributed by atoms with van der Waals surface area (Å²) in [4.78, 5) is 16.2. The number of carbonyl (C=O) groups is 1. The third-order valence-electron chi connectivity index (χ3n) is 2.08.